The quantitative estimate of drug-likeness (QED) is 0.352. The fourth-order valence-corrected chi connectivity index (χ4v) is 5.54. The molecular weight excluding hydrogens is 546 g/mol. The van der Waals surface area contributed by atoms with Crippen molar-refractivity contribution in [3.63, 3.8) is 0 Å². The Labute approximate surface area is 243 Å². The van der Waals surface area contributed by atoms with E-state index in [2.05, 4.69) is 5.32 Å². The third-order valence-electron chi connectivity index (χ3n) is 6.39. The van der Waals surface area contributed by atoms with Crippen LogP contribution in [0.2, 0.25) is 5.02 Å². The van der Waals surface area contributed by atoms with Gasteiger partial charge in [0.1, 0.15) is 12.6 Å². The maximum Gasteiger partial charge on any atom is 0.244 e. The molecule has 9 heteroatoms. The minimum atomic E-state index is -3.87. The highest BCUT2D eigenvalue weighted by Gasteiger charge is 2.34. The Kier molecular flexibility index (Phi) is 10.0. The van der Waals surface area contributed by atoms with Gasteiger partial charge in [0.25, 0.3) is 0 Å². The van der Waals surface area contributed by atoms with Crippen LogP contribution < -0.4 is 9.62 Å². The van der Waals surface area contributed by atoms with E-state index in [0.717, 1.165) is 27.3 Å². The van der Waals surface area contributed by atoms with Gasteiger partial charge in [-0.05, 0) is 63.4 Å². The fourth-order valence-electron chi connectivity index (χ4n) is 4.48. The van der Waals surface area contributed by atoms with Gasteiger partial charge in [0, 0.05) is 23.5 Å². The summed E-state index contributed by atoms with van der Waals surface area (Å²) < 4.78 is 27.0. The molecule has 0 saturated heterocycles. The number of rotatable bonds is 10. The van der Waals surface area contributed by atoms with E-state index in [-0.39, 0.29) is 18.9 Å². The molecule has 214 valence electrons. The number of carbonyl (C=O) groups is 2. The molecule has 3 aromatic carbocycles. The van der Waals surface area contributed by atoms with E-state index in [4.69, 9.17) is 11.6 Å². The van der Waals surface area contributed by atoms with Crippen molar-refractivity contribution < 1.29 is 18.0 Å². The van der Waals surface area contributed by atoms with Crippen molar-refractivity contribution in [1.82, 2.24) is 10.2 Å². The van der Waals surface area contributed by atoms with Crippen LogP contribution >= 0.6 is 11.6 Å². The summed E-state index contributed by atoms with van der Waals surface area (Å²) in [5.41, 5.74) is 3.04. The summed E-state index contributed by atoms with van der Waals surface area (Å²) in [5.74, 6) is -0.821. The Balaban J connectivity index is 2.10. The van der Waals surface area contributed by atoms with Gasteiger partial charge in [0.2, 0.25) is 21.8 Å². The number of nitrogens with zero attached hydrogens (tertiary/aromatic N) is 2. The van der Waals surface area contributed by atoms with E-state index in [1.807, 2.05) is 82.3 Å². The van der Waals surface area contributed by atoms with E-state index in [0.29, 0.717) is 16.3 Å². The molecule has 0 fully saturated rings. The zero-order valence-electron chi connectivity index (χ0n) is 23.9. The first-order chi connectivity index (χ1) is 18.7. The zero-order chi connectivity index (χ0) is 29.7. The average molecular weight is 584 g/mol. The molecule has 0 radical (unpaired) electrons. The molecule has 7 nitrogen and oxygen atoms in total. The van der Waals surface area contributed by atoms with Crippen molar-refractivity contribution in [3.8, 4) is 0 Å². The Bertz CT molecular complexity index is 1450. The van der Waals surface area contributed by atoms with Gasteiger partial charge in [-0.1, -0.05) is 77.8 Å². The Morgan fingerprint density at radius 2 is 1.55 bits per heavy atom. The van der Waals surface area contributed by atoms with Gasteiger partial charge < -0.3 is 10.2 Å². The molecule has 0 bridgehead atoms. The lowest BCUT2D eigenvalue weighted by atomic mass is 10.0. The molecule has 0 heterocycles. The molecule has 0 aromatic heterocycles. The van der Waals surface area contributed by atoms with E-state index in [9.17, 15) is 18.0 Å². The van der Waals surface area contributed by atoms with Crippen LogP contribution in [0, 0.1) is 13.8 Å². The molecule has 0 saturated carbocycles. The number of anilines is 1. The number of halogens is 1. The largest absolute Gasteiger partial charge is 0.350 e. The smallest absolute Gasteiger partial charge is 0.244 e. The van der Waals surface area contributed by atoms with Crippen LogP contribution in [0.3, 0.4) is 0 Å². The summed E-state index contributed by atoms with van der Waals surface area (Å²) in [6.07, 6.45) is 1.31. The van der Waals surface area contributed by atoms with Gasteiger partial charge in [0.05, 0.1) is 11.9 Å². The Morgan fingerprint density at radius 1 is 0.925 bits per heavy atom. The predicted octanol–water partition coefficient (Wildman–Crippen LogP) is 5.28. The van der Waals surface area contributed by atoms with Gasteiger partial charge in [-0.3, -0.25) is 13.9 Å². The van der Waals surface area contributed by atoms with Crippen LogP contribution in [0.5, 0.6) is 0 Å². The average Bonchev–Trinajstić information content (AvgIpc) is 2.85. The highest BCUT2D eigenvalue weighted by molar-refractivity contribution is 7.92. The van der Waals surface area contributed by atoms with Crippen molar-refractivity contribution in [1.29, 1.82) is 0 Å². The van der Waals surface area contributed by atoms with Crippen LogP contribution in [0.1, 0.15) is 43.0 Å². The molecule has 3 aromatic rings. The minimum Gasteiger partial charge on any atom is -0.350 e. The summed E-state index contributed by atoms with van der Waals surface area (Å²) in [6, 6.07) is 21.2. The first-order valence-corrected chi connectivity index (χ1v) is 15.3. The lowest BCUT2D eigenvalue weighted by molar-refractivity contribution is -0.140. The molecule has 0 unspecified atom stereocenters. The molecule has 3 rings (SSSR count). The van der Waals surface area contributed by atoms with Crippen LogP contribution in [0.15, 0.2) is 72.8 Å². The summed E-state index contributed by atoms with van der Waals surface area (Å²) in [5, 5.41) is 3.41. The molecule has 0 aliphatic carbocycles. The second-order valence-electron chi connectivity index (χ2n) is 11.1. The maximum atomic E-state index is 14.2. The number of nitrogens with one attached hydrogen (secondary N) is 1. The molecule has 0 spiro atoms. The fraction of sp³-hybridized carbons (Fsp3) is 0.355. The highest BCUT2D eigenvalue weighted by atomic mass is 35.5. The van der Waals surface area contributed by atoms with E-state index in [1.165, 1.54) is 4.90 Å². The predicted molar refractivity (Wildman–Crippen MR) is 162 cm³/mol. The zero-order valence-corrected chi connectivity index (χ0v) is 25.5. The van der Waals surface area contributed by atoms with Crippen molar-refractivity contribution >= 4 is 39.1 Å². The lowest BCUT2D eigenvalue weighted by Gasteiger charge is -2.35. The van der Waals surface area contributed by atoms with E-state index >= 15 is 0 Å². The van der Waals surface area contributed by atoms with Crippen molar-refractivity contribution in [2.45, 2.75) is 59.2 Å². The summed E-state index contributed by atoms with van der Waals surface area (Å²) >= 11 is 6.30. The van der Waals surface area contributed by atoms with Crippen molar-refractivity contribution in [3.05, 3.63) is 100 Å². The van der Waals surface area contributed by atoms with Crippen LogP contribution in [-0.4, -0.2) is 49.5 Å². The normalized spacial score (nSPS) is 12.5. The number of benzene rings is 3. The summed E-state index contributed by atoms with van der Waals surface area (Å²) in [7, 11) is -3.87. The second-order valence-corrected chi connectivity index (χ2v) is 13.4. The first kappa shape index (κ1) is 31.2. The second kappa shape index (κ2) is 12.9. The van der Waals surface area contributed by atoms with Crippen LogP contribution in [0.25, 0.3) is 0 Å². The first-order valence-electron chi connectivity index (χ1n) is 13.1. The summed E-state index contributed by atoms with van der Waals surface area (Å²) in [6.45, 7) is 8.94. The van der Waals surface area contributed by atoms with Gasteiger partial charge >= 0.3 is 0 Å². The van der Waals surface area contributed by atoms with Gasteiger partial charge in [-0.25, -0.2) is 8.42 Å². The monoisotopic (exact) mass is 583 g/mol. The minimum absolute atomic E-state index is 0.127. The molecule has 0 aliphatic rings. The number of aryl methyl sites for hydroxylation is 1. The Hall–Kier alpha value is -3.36. The number of sulfonamides is 1. The van der Waals surface area contributed by atoms with Gasteiger partial charge in [0.15, 0.2) is 0 Å². The van der Waals surface area contributed by atoms with E-state index in [1.54, 1.807) is 25.1 Å². The Morgan fingerprint density at radius 3 is 2.15 bits per heavy atom. The highest BCUT2D eigenvalue weighted by Crippen LogP contribution is 2.28. The molecule has 1 N–H and O–H groups in total. The number of amides is 2. The molecule has 40 heavy (non-hydrogen) atoms. The number of hydrogen-bond acceptors (Lipinski definition) is 4. The topological polar surface area (TPSA) is 86.8 Å². The van der Waals surface area contributed by atoms with E-state index < -0.39 is 34.1 Å². The lowest BCUT2D eigenvalue weighted by Crippen LogP contribution is -2.56. The SMILES string of the molecule is Cc1cccc(CN(C(=O)CN(c2cccc(Cl)c2C)S(C)(=O)=O)[C@@H](Cc2ccccc2)C(=O)NC(C)(C)C)c1. The van der Waals surface area contributed by atoms with Crippen molar-refractivity contribution in [2.24, 2.45) is 0 Å². The maximum absolute atomic E-state index is 14.2. The third-order valence-corrected chi connectivity index (χ3v) is 7.93. The van der Waals surface area contributed by atoms with Gasteiger partial charge in [-0.2, -0.15) is 0 Å². The number of carbonyl (C=O) groups excluding carboxylic acids is 2. The summed E-state index contributed by atoms with van der Waals surface area (Å²) in [4.78, 5) is 29.4. The number of hydrogen-bond donors (Lipinski definition) is 1. The molecule has 1 atom stereocenters. The van der Waals surface area contributed by atoms with Crippen LogP contribution in [-0.2, 0) is 32.6 Å². The van der Waals surface area contributed by atoms with Gasteiger partial charge in [-0.15, -0.1) is 0 Å². The molecule has 2 amide bonds. The molecule has 0 aliphatic heterocycles. The standard InChI is InChI=1S/C31H38ClN3O4S/c1-22-12-10-15-25(18-22)20-34(28(30(37)33-31(3,4)5)19-24-13-8-7-9-14-24)29(36)21-35(40(6,38)39)27-17-11-16-26(32)23(27)2/h7-18,28H,19-21H2,1-6H3,(H,33,37)/t28-/m0/s1. The van der Waals surface area contributed by atoms with Crippen LogP contribution in [0.4, 0.5) is 5.69 Å². The third kappa shape index (κ3) is 8.57. The molecular formula is C31H38ClN3O4S. The van der Waals surface area contributed by atoms with Crippen molar-refractivity contribution in [2.75, 3.05) is 17.1 Å².